The number of nitrogens with one attached hydrogen (secondary N) is 1. The number of nitrogens with zero attached hydrogens (tertiary/aromatic N) is 1. The van der Waals surface area contributed by atoms with E-state index in [1.165, 1.54) is 7.11 Å². The maximum Gasteiger partial charge on any atom is 0.272 e. The Hall–Kier alpha value is -1.36. The normalized spacial score (nSPS) is 22.7. The Labute approximate surface area is 92.7 Å². The van der Waals surface area contributed by atoms with Gasteiger partial charge in [0, 0.05) is 25.0 Å². The predicted octanol–water partition coefficient (Wildman–Crippen LogP) is -0.909. The highest BCUT2D eigenvalue weighted by atomic mass is 16.5. The van der Waals surface area contributed by atoms with Crippen LogP contribution >= 0.6 is 0 Å². The van der Waals surface area contributed by atoms with Gasteiger partial charge in [0.2, 0.25) is 0 Å². The quantitative estimate of drug-likeness (QED) is 0.657. The van der Waals surface area contributed by atoms with Crippen LogP contribution in [-0.2, 0) is 0 Å². The fourth-order valence-corrected chi connectivity index (χ4v) is 2.82. The minimum atomic E-state index is -0.483. The summed E-state index contributed by atoms with van der Waals surface area (Å²) in [7, 11) is 1.44. The van der Waals surface area contributed by atoms with Gasteiger partial charge in [-0.05, 0) is 13.0 Å². The van der Waals surface area contributed by atoms with Crippen LogP contribution in [-0.4, -0.2) is 33.3 Å². The van der Waals surface area contributed by atoms with Crippen LogP contribution in [0.5, 0.6) is 5.75 Å². The fourth-order valence-electron chi connectivity index (χ4n) is 2.82. The van der Waals surface area contributed by atoms with Crippen LogP contribution in [0.2, 0.25) is 0 Å². The predicted molar refractivity (Wildman–Crippen MR) is 60.0 cm³/mol. The van der Waals surface area contributed by atoms with Crippen molar-refractivity contribution < 1.29 is 4.74 Å². The third-order valence-electron chi connectivity index (χ3n) is 3.75. The first-order chi connectivity index (χ1) is 7.67. The molecule has 0 aliphatic carbocycles. The molecule has 86 valence electrons. The summed E-state index contributed by atoms with van der Waals surface area (Å²) in [5.41, 5.74) is -0.0595. The fraction of sp³-hybridized carbons (Fsp3) is 0.636. The molecule has 2 saturated heterocycles. The van der Waals surface area contributed by atoms with Gasteiger partial charge in [-0.25, -0.2) is 0 Å². The molecule has 0 aromatic heterocycles. The molecule has 0 amide bonds. The summed E-state index contributed by atoms with van der Waals surface area (Å²) in [5, 5.41) is 3.33. The second-order valence-electron chi connectivity index (χ2n) is 4.82. The van der Waals surface area contributed by atoms with E-state index >= 15 is 0 Å². The molecule has 0 radical (unpaired) electrons. The van der Waals surface area contributed by atoms with E-state index in [1.807, 2.05) is 4.90 Å². The Morgan fingerprint density at radius 3 is 2.62 bits per heavy atom. The van der Waals surface area contributed by atoms with Crippen molar-refractivity contribution in [2.45, 2.75) is 6.42 Å². The summed E-state index contributed by atoms with van der Waals surface area (Å²) in [6.07, 6.45) is 1.15. The average molecular weight is 222 g/mol. The number of rotatable bonds is 2. The molecule has 2 aliphatic rings. The van der Waals surface area contributed by atoms with E-state index in [0.29, 0.717) is 11.1 Å². The summed E-state index contributed by atoms with van der Waals surface area (Å²) in [4.78, 5) is 24.6. The summed E-state index contributed by atoms with van der Waals surface area (Å²) in [6, 6.07) is 0. The molecule has 1 spiro atoms. The summed E-state index contributed by atoms with van der Waals surface area (Å²) in [5.74, 6) is 0.241. The molecule has 0 unspecified atom stereocenters. The number of methoxy groups -OCH3 is 1. The van der Waals surface area contributed by atoms with Crippen molar-refractivity contribution in [3.05, 3.63) is 20.4 Å². The van der Waals surface area contributed by atoms with Crippen LogP contribution in [0.4, 0.5) is 5.69 Å². The van der Waals surface area contributed by atoms with Crippen molar-refractivity contribution in [2.75, 3.05) is 38.2 Å². The lowest BCUT2D eigenvalue weighted by molar-refractivity contribution is 0.239. The monoisotopic (exact) mass is 222 g/mol. The second kappa shape index (κ2) is 3.07. The zero-order valence-corrected chi connectivity index (χ0v) is 9.21. The Bertz CT molecular complexity index is 487. The first kappa shape index (κ1) is 9.84. The molecule has 16 heavy (non-hydrogen) atoms. The number of ether oxygens (including phenoxy) is 1. The first-order valence-corrected chi connectivity index (χ1v) is 5.50. The van der Waals surface area contributed by atoms with Crippen LogP contribution < -0.4 is 25.8 Å². The van der Waals surface area contributed by atoms with E-state index in [9.17, 15) is 9.59 Å². The van der Waals surface area contributed by atoms with E-state index < -0.39 is 10.9 Å². The summed E-state index contributed by atoms with van der Waals surface area (Å²) >= 11 is 0. The molecule has 2 aliphatic heterocycles. The maximum absolute atomic E-state index is 11.4. The van der Waals surface area contributed by atoms with Gasteiger partial charge < -0.3 is 15.0 Å². The third-order valence-corrected chi connectivity index (χ3v) is 3.75. The average Bonchev–Trinajstić information content (AvgIpc) is 2.71. The molecular weight excluding hydrogens is 208 g/mol. The highest BCUT2D eigenvalue weighted by molar-refractivity contribution is 5.65. The first-order valence-electron chi connectivity index (χ1n) is 5.50. The van der Waals surface area contributed by atoms with Crippen LogP contribution in [0.1, 0.15) is 6.42 Å². The van der Waals surface area contributed by atoms with Crippen LogP contribution in [0, 0.1) is 5.41 Å². The highest BCUT2D eigenvalue weighted by Gasteiger charge is 2.47. The highest BCUT2D eigenvalue weighted by Crippen LogP contribution is 2.40. The van der Waals surface area contributed by atoms with Crippen molar-refractivity contribution >= 4 is 5.69 Å². The van der Waals surface area contributed by atoms with Gasteiger partial charge in [-0.3, -0.25) is 9.59 Å². The van der Waals surface area contributed by atoms with Crippen molar-refractivity contribution in [1.82, 2.24) is 5.32 Å². The lowest BCUT2D eigenvalue weighted by atomic mass is 9.78. The van der Waals surface area contributed by atoms with E-state index in [0.717, 1.165) is 32.6 Å². The van der Waals surface area contributed by atoms with Gasteiger partial charge in [-0.15, -0.1) is 0 Å². The standard InChI is InChI=1S/C11H14N2O3/c1-16-10-7(8(14)9(10)15)13-5-11(6-13)2-3-12-4-11/h12H,2-6H2,1H3. The molecule has 1 aromatic carbocycles. The molecule has 2 heterocycles. The molecule has 0 saturated carbocycles. The Morgan fingerprint density at radius 2 is 2.06 bits per heavy atom. The van der Waals surface area contributed by atoms with Crippen LogP contribution in [0.15, 0.2) is 9.59 Å². The van der Waals surface area contributed by atoms with E-state index in [1.54, 1.807) is 0 Å². The van der Waals surface area contributed by atoms with Crippen molar-refractivity contribution in [2.24, 2.45) is 5.41 Å². The molecule has 2 fully saturated rings. The Morgan fingerprint density at radius 1 is 1.31 bits per heavy atom. The van der Waals surface area contributed by atoms with E-state index in [2.05, 4.69) is 5.32 Å². The molecule has 5 heteroatoms. The van der Waals surface area contributed by atoms with Gasteiger partial charge in [0.1, 0.15) is 5.69 Å². The van der Waals surface area contributed by atoms with Gasteiger partial charge in [-0.1, -0.05) is 0 Å². The van der Waals surface area contributed by atoms with Gasteiger partial charge >= 0.3 is 0 Å². The maximum atomic E-state index is 11.4. The molecule has 5 nitrogen and oxygen atoms in total. The van der Waals surface area contributed by atoms with E-state index in [-0.39, 0.29) is 5.75 Å². The smallest absolute Gasteiger partial charge is 0.272 e. The lowest BCUT2D eigenvalue weighted by Crippen LogP contribution is -2.60. The molecule has 3 rings (SSSR count). The minimum absolute atomic E-state index is 0.241. The largest absolute Gasteiger partial charge is 0.491 e. The number of hydrogen-bond acceptors (Lipinski definition) is 5. The zero-order chi connectivity index (χ0) is 11.3. The molecule has 0 bridgehead atoms. The van der Waals surface area contributed by atoms with Gasteiger partial charge in [0.05, 0.1) is 7.11 Å². The van der Waals surface area contributed by atoms with Crippen LogP contribution in [0.25, 0.3) is 0 Å². The van der Waals surface area contributed by atoms with Gasteiger partial charge in [0.25, 0.3) is 10.9 Å². The lowest BCUT2D eigenvalue weighted by Gasteiger charge is -2.49. The second-order valence-corrected chi connectivity index (χ2v) is 4.82. The Kier molecular flexibility index (Phi) is 1.89. The number of hydrogen-bond donors (Lipinski definition) is 1. The van der Waals surface area contributed by atoms with Gasteiger partial charge in [0.15, 0.2) is 5.75 Å². The third kappa shape index (κ3) is 1.09. The molecular formula is C11H14N2O3. The van der Waals surface area contributed by atoms with Crippen molar-refractivity contribution in [1.29, 1.82) is 0 Å². The topological polar surface area (TPSA) is 58.6 Å². The minimum Gasteiger partial charge on any atom is -0.491 e. The van der Waals surface area contributed by atoms with Gasteiger partial charge in [-0.2, -0.15) is 0 Å². The molecule has 1 N–H and O–H groups in total. The van der Waals surface area contributed by atoms with E-state index in [4.69, 9.17) is 4.74 Å². The SMILES string of the molecule is COc1c(N2CC3(CCNC3)C2)c(=O)c1=O. The summed E-state index contributed by atoms with van der Waals surface area (Å²) < 4.78 is 4.94. The molecule has 1 aromatic rings. The number of anilines is 1. The van der Waals surface area contributed by atoms with Crippen molar-refractivity contribution in [3.63, 3.8) is 0 Å². The zero-order valence-electron chi connectivity index (χ0n) is 9.21. The molecule has 0 atom stereocenters. The Balaban J connectivity index is 1.79. The summed E-state index contributed by atoms with van der Waals surface area (Å²) in [6.45, 7) is 3.79. The van der Waals surface area contributed by atoms with Crippen molar-refractivity contribution in [3.8, 4) is 5.75 Å². The van der Waals surface area contributed by atoms with Crippen LogP contribution in [0.3, 0.4) is 0 Å².